The summed E-state index contributed by atoms with van der Waals surface area (Å²) in [4.78, 5) is 15.2. The number of piperazine rings is 1. The molecule has 1 fully saturated rings. The number of hydrogen-bond acceptors (Lipinski definition) is 5. The first-order chi connectivity index (χ1) is 14.9. The third-order valence-corrected chi connectivity index (χ3v) is 7.42. The Kier molecular flexibility index (Phi) is 7.94. The highest BCUT2D eigenvalue weighted by Gasteiger charge is 2.29. The van der Waals surface area contributed by atoms with Crippen LogP contribution >= 0.6 is 11.6 Å². The first-order valence-electron chi connectivity index (χ1n) is 10.4. The zero-order valence-electron chi connectivity index (χ0n) is 17.8. The minimum atomic E-state index is -3.72. The summed E-state index contributed by atoms with van der Waals surface area (Å²) in [7, 11) is -3.72. The minimum Gasteiger partial charge on any atom is -0.491 e. The Balaban J connectivity index is 1.82. The fraction of sp³-hybridized carbons (Fsp3) is 0.409. The van der Waals surface area contributed by atoms with Gasteiger partial charge in [0.2, 0.25) is 10.0 Å². The summed E-state index contributed by atoms with van der Waals surface area (Å²) in [6, 6.07) is 11.3. The van der Waals surface area contributed by atoms with Crippen molar-refractivity contribution in [1.82, 2.24) is 9.21 Å². The summed E-state index contributed by atoms with van der Waals surface area (Å²) >= 11 is 6.25. The Morgan fingerprint density at radius 1 is 1.10 bits per heavy atom. The van der Waals surface area contributed by atoms with Crippen LogP contribution in [0.2, 0.25) is 5.02 Å². The lowest BCUT2D eigenvalue weighted by Crippen LogP contribution is -2.48. The number of anilines is 1. The van der Waals surface area contributed by atoms with Gasteiger partial charge in [-0.05, 0) is 43.3 Å². The lowest BCUT2D eigenvalue weighted by molar-refractivity contribution is 0.102. The first-order valence-corrected chi connectivity index (χ1v) is 12.2. The summed E-state index contributed by atoms with van der Waals surface area (Å²) in [5.74, 6) is 0.0526. The van der Waals surface area contributed by atoms with Crippen molar-refractivity contribution in [1.29, 1.82) is 0 Å². The van der Waals surface area contributed by atoms with E-state index in [0.29, 0.717) is 44.2 Å². The van der Waals surface area contributed by atoms with Crippen LogP contribution in [0, 0.1) is 0 Å². The molecule has 1 aliphatic heterocycles. The number of sulfonamides is 1. The average Bonchev–Trinajstić information content (AvgIpc) is 2.78. The van der Waals surface area contributed by atoms with Gasteiger partial charge in [0.25, 0.3) is 5.91 Å². The molecule has 7 nitrogen and oxygen atoms in total. The largest absolute Gasteiger partial charge is 0.491 e. The summed E-state index contributed by atoms with van der Waals surface area (Å²) in [5, 5.41) is 2.96. The number of nitrogens with zero attached hydrogens (tertiary/aromatic N) is 2. The van der Waals surface area contributed by atoms with E-state index in [9.17, 15) is 13.2 Å². The van der Waals surface area contributed by atoms with Crippen molar-refractivity contribution in [2.45, 2.75) is 25.2 Å². The number of nitrogens with one attached hydrogen (secondary N) is 1. The number of carbonyl (C=O) groups excluding carboxylic acids is 1. The normalized spacial score (nSPS) is 15.6. The molecule has 1 heterocycles. The molecule has 3 rings (SSSR count). The van der Waals surface area contributed by atoms with Crippen LogP contribution in [0.1, 0.15) is 30.6 Å². The van der Waals surface area contributed by atoms with E-state index in [1.54, 1.807) is 18.2 Å². The smallest absolute Gasteiger partial charge is 0.257 e. The van der Waals surface area contributed by atoms with Gasteiger partial charge in [0, 0.05) is 26.2 Å². The maximum absolute atomic E-state index is 13.1. The van der Waals surface area contributed by atoms with E-state index in [2.05, 4.69) is 17.1 Å². The van der Waals surface area contributed by atoms with Crippen LogP contribution in [-0.2, 0) is 10.0 Å². The van der Waals surface area contributed by atoms with Crippen molar-refractivity contribution >= 4 is 33.2 Å². The molecular weight excluding hydrogens is 438 g/mol. The molecule has 0 radical (unpaired) electrons. The maximum Gasteiger partial charge on any atom is 0.257 e. The van der Waals surface area contributed by atoms with Crippen LogP contribution < -0.4 is 10.1 Å². The van der Waals surface area contributed by atoms with Crippen LogP contribution in [0.5, 0.6) is 5.75 Å². The van der Waals surface area contributed by atoms with E-state index in [-0.39, 0.29) is 15.5 Å². The molecule has 0 bridgehead atoms. The van der Waals surface area contributed by atoms with Gasteiger partial charge in [0.1, 0.15) is 5.75 Å². The van der Waals surface area contributed by atoms with Gasteiger partial charge in [-0.25, -0.2) is 8.42 Å². The molecule has 31 heavy (non-hydrogen) atoms. The second-order valence-corrected chi connectivity index (χ2v) is 9.62. The van der Waals surface area contributed by atoms with E-state index >= 15 is 0 Å². The number of ether oxygens (including phenoxy) is 1. The van der Waals surface area contributed by atoms with Crippen molar-refractivity contribution in [3.63, 3.8) is 0 Å². The molecule has 0 aliphatic carbocycles. The van der Waals surface area contributed by atoms with Crippen LogP contribution in [-0.4, -0.2) is 62.9 Å². The van der Waals surface area contributed by atoms with Gasteiger partial charge < -0.3 is 15.0 Å². The standard InChI is InChI=1S/C22H28ClN3O4S/c1-3-15-30-21-8-6-5-7-20(21)24-22(27)18-16-17(9-10-19(18)23)31(28,29)26-13-11-25(4-2)12-14-26/h5-10,16H,3-4,11-15H2,1-2H3,(H,24,27). The molecule has 0 atom stereocenters. The molecule has 0 aromatic heterocycles. The Labute approximate surface area is 189 Å². The average molecular weight is 466 g/mol. The van der Waals surface area contributed by atoms with Gasteiger partial charge in [-0.15, -0.1) is 0 Å². The number of amides is 1. The number of rotatable bonds is 8. The zero-order chi connectivity index (χ0) is 22.4. The summed E-state index contributed by atoms with van der Waals surface area (Å²) in [6.45, 7) is 7.67. The van der Waals surface area contributed by atoms with Crippen LogP contribution in [0.4, 0.5) is 5.69 Å². The van der Waals surface area contributed by atoms with Crippen molar-refractivity contribution in [2.24, 2.45) is 0 Å². The number of halogens is 1. The van der Waals surface area contributed by atoms with Gasteiger partial charge in [0.15, 0.2) is 0 Å². The number of hydrogen-bond donors (Lipinski definition) is 1. The molecule has 1 amide bonds. The third kappa shape index (κ3) is 5.57. The van der Waals surface area contributed by atoms with Crippen molar-refractivity contribution in [3.8, 4) is 5.75 Å². The van der Waals surface area contributed by atoms with Crippen LogP contribution in [0.15, 0.2) is 47.4 Å². The lowest BCUT2D eigenvalue weighted by atomic mass is 10.2. The third-order valence-electron chi connectivity index (χ3n) is 5.20. The van der Waals surface area contributed by atoms with Gasteiger partial charge in [-0.2, -0.15) is 4.31 Å². The highest BCUT2D eigenvalue weighted by Crippen LogP contribution is 2.28. The van der Waals surface area contributed by atoms with Crippen LogP contribution in [0.3, 0.4) is 0 Å². The molecule has 1 aliphatic rings. The second kappa shape index (κ2) is 10.5. The maximum atomic E-state index is 13.1. The van der Waals surface area contributed by atoms with E-state index in [4.69, 9.17) is 16.3 Å². The topological polar surface area (TPSA) is 78.9 Å². The fourth-order valence-electron chi connectivity index (χ4n) is 3.37. The highest BCUT2D eigenvalue weighted by atomic mass is 35.5. The fourth-order valence-corrected chi connectivity index (χ4v) is 5.02. The molecule has 0 unspecified atom stereocenters. The Morgan fingerprint density at radius 3 is 2.48 bits per heavy atom. The molecule has 2 aromatic carbocycles. The van der Waals surface area contributed by atoms with Gasteiger partial charge in [-0.1, -0.05) is 37.6 Å². The molecule has 168 valence electrons. The number of carbonyl (C=O) groups is 1. The molecular formula is C22H28ClN3O4S. The highest BCUT2D eigenvalue weighted by molar-refractivity contribution is 7.89. The molecule has 9 heteroatoms. The first kappa shape index (κ1) is 23.5. The lowest BCUT2D eigenvalue weighted by Gasteiger charge is -2.33. The summed E-state index contributed by atoms with van der Waals surface area (Å²) < 4.78 is 33.4. The SMILES string of the molecule is CCCOc1ccccc1NC(=O)c1cc(S(=O)(=O)N2CCN(CC)CC2)ccc1Cl. The summed E-state index contributed by atoms with van der Waals surface area (Å²) in [5.41, 5.74) is 0.598. The van der Waals surface area contributed by atoms with Gasteiger partial charge >= 0.3 is 0 Å². The van der Waals surface area contributed by atoms with Crippen LogP contribution in [0.25, 0.3) is 0 Å². The number of likely N-dealkylation sites (N-methyl/N-ethyl adjacent to an activating group) is 1. The van der Waals surface area contributed by atoms with Crippen molar-refractivity contribution < 1.29 is 17.9 Å². The van der Waals surface area contributed by atoms with Gasteiger partial charge in [-0.3, -0.25) is 4.79 Å². The van der Waals surface area contributed by atoms with Gasteiger partial charge in [0.05, 0.1) is 27.8 Å². The van der Waals surface area contributed by atoms with E-state index in [1.807, 2.05) is 13.0 Å². The quantitative estimate of drug-likeness (QED) is 0.643. The summed E-state index contributed by atoms with van der Waals surface area (Å²) in [6.07, 6.45) is 0.834. The van der Waals surface area contributed by atoms with Crippen molar-refractivity contribution in [3.05, 3.63) is 53.1 Å². The number of benzene rings is 2. The Bertz CT molecular complexity index is 1020. The van der Waals surface area contributed by atoms with E-state index in [1.165, 1.54) is 22.5 Å². The Morgan fingerprint density at radius 2 is 1.81 bits per heavy atom. The minimum absolute atomic E-state index is 0.0579. The molecule has 0 saturated carbocycles. The van der Waals surface area contributed by atoms with E-state index < -0.39 is 15.9 Å². The van der Waals surface area contributed by atoms with E-state index in [0.717, 1.165) is 13.0 Å². The number of para-hydroxylation sites is 2. The monoisotopic (exact) mass is 465 g/mol. The van der Waals surface area contributed by atoms with Crippen molar-refractivity contribution in [2.75, 3.05) is 44.6 Å². The molecule has 2 aromatic rings. The predicted octanol–water partition coefficient (Wildman–Crippen LogP) is 3.71. The molecule has 1 N–H and O–H groups in total. The molecule has 1 saturated heterocycles. The zero-order valence-corrected chi connectivity index (χ0v) is 19.4. The molecule has 0 spiro atoms. The predicted molar refractivity (Wildman–Crippen MR) is 123 cm³/mol. The Hall–Kier alpha value is -2.13. The second-order valence-electron chi connectivity index (χ2n) is 7.28.